The van der Waals surface area contributed by atoms with Gasteiger partial charge in [-0.25, -0.2) is 0 Å². The molecule has 7 aromatic carbocycles. The van der Waals surface area contributed by atoms with Crippen LogP contribution in [0.5, 0.6) is 0 Å². The van der Waals surface area contributed by atoms with Gasteiger partial charge in [-0.3, -0.25) is 0 Å². The van der Waals surface area contributed by atoms with Crippen molar-refractivity contribution < 1.29 is 0 Å². The van der Waals surface area contributed by atoms with Crippen LogP contribution < -0.4 is 9.80 Å². The molecule has 0 atom stereocenters. The first-order valence-corrected chi connectivity index (χ1v) is 17.9. The number of hydrogen-bond acceptors (Lipinski definition) is 2. The lowest BCUT2D eigenvalue weighted by atomic mass is 9.74. The highest BCUT2D eigenvalue weighted by Crippen LogP contribution is 2.54. The highest BCUT2D eigenvalue weighted by atomic mass is 15.1. The lowest BCUT2D eigenvalue weighted by molar-refractivity contribution is 0.490. The summed E-state index contributed by atoms with van der Waals surface area (Å²) in [6.45, 7) is 4.67. The van der Waals surface area contributed by atoms with Gasteiger partial charge < -0.3 is 9.80 Å². The van der Waals surface area contributed by atoms with E-state index in [0.717, 1.165) is 47.7 Å². The average molecular weight is 647 g/mol. The van der Waals surface area contributed by atoms with Crippen LogP contribution in [0.25, 0.3) is 11.1 Å². The fourth-order valence-electron chi connectivity index (χ4n) is 7.99. The van der Waals surface area contributed by atoms with Gasteiger partial charge in [-0.05, 0) is 125 Å². The van der Waals surface area contributed by atoms with E-state index in [-0.39, 0.29) is 5.41 Å². The minimum Gasteiger partial charge on any atom is -0.311 e. The van der Waals surface area contributed by atoms with Gasteiger partial charge >= 0.3 is 0 Å². The molecule has 0 unspecified atom stereocenters. The monoisotopic (exact) mass is 646 g/mol. The molecule has 1 aliphatic carbocycles. The van der Waals surface area contributed by atoms with Crippen molar-refractivity contribution in [1.82, 2.24) is 0 Å². The molecule has 0 saturated carbocycles. The summed E-state index contributed by atoms with van der Waals surface area (Å²) in [5, 5.41) is 0. The SMILES string of the molecule is CCC1(CC)c2ccccc2-c2cc(N(c3ccccc3)c3ccc(Cc4ccc(N(c5ccccc5)c5ccccc5)cc4)cc3)ccc21. The summed E-state index contributed by atoms with van der Waals surface area (Å²) < 4.78 is 0. The molecule has 2 heteroatoms. The Hall–Kier alpha value is -5.86. The molecule has 8 rings (SSSR count). The van der Waals surface area contributed by atoms with Crippen LogP contribution in [0, 0.1) is 0 Å². The van der Waals surface area contributed by atoms with E-state index in [1.807, 2.05) is 0 Å². The van der Waals surface area contributed by atoms with E-state index >= 15 is 0 Å². The molecule has 0 aliphatic heterocycles. The molecule has 0 amide bonds. The largest absolute Gasteiger partial charge is 0.311 e. The molecule has 0 heterocycles. The third-order valence-electron chi connectivity index (χ3n) is 10.6. The number of hydrogen-bond donors (Lipinski definition) is 0. The van der Waals surface area contributed by atoms with E-state index in [1.165, 1.54) is 39.1 Å². The summed E-state index contributed by atoms with van der Waals surface area (Å²) >= 11 is 0. The Morgan fingerprint density at radius 1 is 0.360 bits per heavy atom. The maximum atomic E-state index is 2.41. The topological polar surface area (TPSA) is 6.48 Å². The lowest BCUT2D eigenvalue weighted by Gasteiger charge is -2.30. The minimum atomic E-state index is 0.0727. The van der Waals surface area contributed by atoms with Gasteiger partial charge in [-0.15, -0.1) is 0 Å². The van der Waals surface area contributed by atoms with Gasteiger partial charge in [0.25, 0.3) is 0 Å². The van der Waals surface area contributed by atoms with Crippen molar-refractivity contribution in [3.05, 3.63) is 204 Å². The zero-order valence-electron chi connectivity index (χ0n) is 28.8. The number of anilines is 6. The van der Waals surface area contributed by atoms with Crippen LogP contribution in [0.2, 0.25) is 0 Å². The van der Waals surface area contributed by atoms with E-state index < -0.39 is 0 Å². The van der Waals surface area contributed by atoms with Crippen molar-refractivity contribution in [2.45, 2.75) is 38.5 Å². The summed E-state index contributed by atoms with van der Waals surface area (Å²) in [6, 6.07) is 66.1. The molecule has 0 fully saturated rings. The van der Waals surface area contributed by atoms with Crippen molar-refractivity contribution in [3.8, 4) is 11.1 Å². The molecule has 0 radical (unpaired) electrons. The molecular formula is C48H42N2. The summed E-state index contributed by atoms with van der Waals surface area (Å²) in [5.74, 6) is 0. The van der Waals surface area contributed by atoms with E-state index in [9.17, 15) is 0 Å². The van der Waals surface area contributed by atoms with Gasteiger partial charge in [0.15, 0.2) is 0 Å². The van der Waals surface area contributed by atoms with Crippen LogP contribution in [-0.4, -0.2) is 0 Å². The molecule has 1 aliphatic rings. The Labute approximate surface area is 296 Å². The Kier molecular flexibility index (Phi) is 8.52. The summed E-state index contributed by atoms with van der Waals surface area (Å²) in [5.41, 5.74) is 15.2. The van der Waals surface area contributed by atoms with Crippen LogP contribution in [0.1, 0.15) is 48.9 Å². The third-order valence-corrected chi connectivity index (χ3v) is 10.6. The van der Waals surface area contributed by atoms with Crippen LogP contribution in [0.3, 0.4) is 0 Å². The molecule has 2 nitrogen and oxygen atoms in total. The molecular weight excluding hydrogens is 605 g/mol. The quantitative estimate of drug-likeness (QED) is 0.146. The summed E-state index contributed by atoms with van der Waals surface area (Å²) in [6.07, 6.45) is 3.06. The zero-order valence-corrected chi connectivity index (χ0v) is 28.8. The average Bonchev–Trinajstić information content (AvgIpc) is 3.47. The van der Waals surface area contributed by atoms with Crippen molar-refractivity contribution >= 4 is 34.1 Å². The second-order valence-electron chi connectivity index (χ2n) is 13.3. The summed E-state index contributed by atoms with van der Waals surface area (Å²) in [4.78, 5) is 4.69. The Bertz CT molecular complexity index is 2140. The highest BCUT2D eigenvalue weighted by Gasteiger charge is 2.40. The Balaban J connectivity index is 1.09. The van der Waals surface area contributed by atoms with Crippen molar-refractivity contribution in [3.63, 3.8) is 0 Å². The molecule has 0 aromatic heterocycles. The molecule has 50 heavy (non-hydrogen) atoms. The maximum absolute atomic E-state index is 2.41. The van der Waals surface area contributed by atoms with Gasteiger partial charge in [0.2, 0.25) is 0 Å². The van der Waals surface area contributed by atoms with Crippen LogP contribution in [0.15, 0.2) is 182 Å². The summed E-state index contributed by atoms with van der Waals surface area (Å²) in [7, 11) is 0. The van der Waals surface area contributed by atoms with E-state index in [2.05, 4.69) is 206 Å². The second kappa shape index (κ2) is 13.6. The zero-order chi connectivity index (χ0) is 33.9. The normalized spacial score (nSPS) is 12.6. The number of rotatable bonds is 10. The minimum absolute atomic E-state index is 0.0727. The first kappa shape index (κ1) is 31.4. The predicted molar refractivity (Wildman–Crippen MR) is 212 cm³/mol. The Morgan fingerprint density at radius 2 is 0.740 bits per heavy atom. The van der Waals surface area contributed by atoms with Crippen molar-refractivity contribution in [2.75, 3.05) is 9.80 Å². The molecule has 0 bridgehead atoms. The number of benzene rings is 7. The smallest absolute Gasteiger partial charge is 0.0468 e. The standard InChI is InChI=1S/C48H42N2/c1-3-48(4-2)46-23-15-14-22-44(46)45-35-43(32-33-47(45)48)50(40-20-12-7-13-21-40)42-30-26-37(27-31-42)34-36-24-28-41(29-25-36)49(38-16-8-5-9-17-38)39-18-10-6-11-19-39/h5-33,35H,3-4,34H2,1-2H3. The van der Waals surface area contributed by atoms with Crippen LogP contribution >= 0.6 is 0 Å². The van der Waals surface area contributed by atoms with Gasteiger partial charge in [-0.2, -0.15) is 0 Å². The lowest BCUT2D eigenvalue weighted by Crippen LogP contribution is -2.23. The molecule has 0 N–H and O–H groups in total. The number of nitrogens with zero attached hydrogens (tertiary/aromatic N) is 2. The van der Waals surface area contributed by atoms with Gasteiger partial charge in [0.1, 0.15) is 0 Å². The first-order chi connectivity index (χ1) is 24.7. The molecule has 7 aromatic rings. The van der Waals surface area contributed by atoms with Crippen molar-refractivity contribution in [1.29, 1.82) is 0 Å². The molecule has 244 valence electrons. The van der Waals surface area contributed by atoms with Crippen LogP contribution in [-0.2, 0) is 11.8 Å². The fraction of sp³-hybridized carbons (Fsp3) is 0.125. The first-order valence-electron chi connectivity index (χ1n) is 17.9. The van der Waals surface area contributed by atoms with Gasteiger partial charge in [0.05, 0.1) is 0 Å². The second-order valence-corrected chi connectivity index (χ2v) is 13.3. The maximum Gasteiger partial charge on any atom is 0.0468 e. The number of fused-ring (bicyclic) bond motifs is 3. The highest BCUT2D eigenvalue weighted by molar-refractivity contribution is 5.87. The van der Waals surface area contributed by atoms with Crippen molar-refractivity contribution in [2.24, 2.45) is 0 Å². The molecule has 0 spiro atoms. The van der Waals surface area contributed by atoms with Gasteiger partial charge in [0, 0.05) is 39.5 Å². The third kappa shape index (κ3) is 5.67. The van der Waals surface area contributed by atoms with Gasteiger partial charge in [-0.1, -0.05) is 123 Å². The van der Waals surface area contributed by atoms with E-state index in [0.29, 0.717) is 0 Å². The van der Waals surface area contributed by atoms with E-state index in [4.69, 9.17) is 0 Å². The Morgan fingerprint density at radius 3 is 1.22 bits per heavy atom. The predicted octanol–water partition coefficient (Wildman–Crippen LogP) is 13.3. The molecule has 0 saturated heterocycles. The van der Waals surface area contributed by atoms with E-state index in [1.54, 1.807) is 0 Å². The fourth-order valence-corrected chi connectivity index (χ4v) is 7.99. The number of para-hydroxylation sites is 3. The van der Waals surface area contributed by atoms with Crippen LogP contribution in [0.4, 0.5) is 34.1 Å².